The van der Waals surface area contributed by atoms with Gasteiger partial charge in [-0.15, -0.1) is 0 Å². The van der Waals surface area contributed by atoms with Gasteiger partial charge in [0.1, 0.15) is 4.88 Å². The van der Waals surface area contributed by atoms with Gasteiger partial charge in [0.2, 0.25) is 5.91 Å². The molecule has 1 aromatic carbocycles. The molecule has 0 saturated heterocycles. The molecule has 134 valence electrons. The molecule has 1 heterocycles. The van der Waals surface area contributed by atoms with Gasteiger partial charge < -0.3 is 5.32 Å². The highest BCUT2D eigenvalue weighted by Gasteiger charge is 2.21. The minimum absolute atomic E-state index is 0.0783. The Morgan fingerprint density at radius 3 is 2.60 bits per heavy atom. The molecule has 0 aliphatic rings. The number of nitrogens with zero attached hydrogens (tertiary/aromatic N) is 2. The first-order valence-corrected chi connectivity index (χ1v) is 9.26. The van der Waals surface area contributed by atoms with E-state index in [0.717, 1.165) is 5.56 Å². The maximum Gasteiger partial charge on any atom is 0.263 e. The Morgan fingerprint density at radius 1 is 1.32 bits per heavy atom. The fraction of sp³-hybridized carbons (Fsp3) is 0.389. The highest BCUT2D eigenvalue weighted by molar-refractivity contribution is 7.17. The van der Waals surface area contributed by atoms with Gasteiger partial charge in [0.05, 0.1) is 5.69 Å². The average molecular weight is 380 g/mol. The Labute approximate surface area is 157 Å². The lowest BCUT2D eigenvalue weighted by Crippen LogP contribution is -2.32. The zero-order chi connectivity index (χ0) is 18.6. The molecule has 0 aliphatic heterocycles. The minimum atomic E-state index is -0.214. The van der Waals surface area contributed by atoms with Gasteiger partial charge in [0.25, 0.3) is 5.91 Å². The Kier molecular flexibility index (Phi) is 6.56. The maximum atomic E-state index is 12.5. The highest BCUT2D eigenvalue weighted by Crippen LogP contribution is 2.27. The number of rotatable bonds is 6. The van der Waals surface area contributed by atoms with Crippen molar-refractivity contribution in [1.29, 1.82) is 0 Å². The fourth-order valence-electron chi connectivity index (χ4n) is 2.31. The van der Waals surface area contributed by atoms with E-state index in [1.54, 1.807) is 17.9 Å². The van der Waals surface area contributed by atoms with Crippen LogP contribution in [0.2, 0.25) is 5.02 Å². The predicted octanol–water partition coefficient (Wildman–Crippen LogP) is 4.04. The number of nitrogens with one attached hydrogen (secondary N) is 1. The first-order valence-electron chi connectivity index (χ1n) is 8.06. The molecule has 0 bridgehead atoms. The van der Waals surface area contributed by atoms with Crippen LogP contribution >= 0.6 is 22.9 Å². The highest BCUT2D eigenvalue weighted by atomic mass is 35.5. The number of thiazole rings is 1. The van der Waals surface area contributed by atoms with Crippen LogP contribution in [-0.4, -0.2) is 23.3 Å². The fourth-order valence-corrected chi connectivity index (χ4v) is 3.55. The van der Waals surface area contributed by atoms with Crippen LogP contribution in [0.1, 0.15) is 41.7 Å². The number of aromatic nitrogens is 1. The minimum Gasteiger partial charge on any atom is -0.347 e. The van der Waals surface area contributed by atoms with Gasteiger partial charge in [-0.2, -0.15) is 0 Å². The Hall–Kier alpha value is -1.92. The quantitative estimate of drug-likeness (QED) is 0.823. The monoisotopic (exact) mass is 379 g/mol. The maximum absolute atomic E-state index is 12.5. The Balaban J connectivity index is 2.14. The molecule has 2 aromatic rings. The smallest absolute Gasteiger partial charge is 0.263 e. The second kappa shape index (κ2) is 8.45. The lowest BCUT2D eigenvalue weighted by Gasteiger charge is -2.19. The van der Waals surface area contributed by atoms with Crippen molar-refractivity contribution in [2.24, 2.45) is 5.92 Å². The van der Waals surface area contributed by atoms with Gasteiger partial charge in [0, 0.05) is 25.0 Å². The van der Waals surface area contributed by atoms with E-state index in [4.69, 9.17) is 11.6 Å². The number of aryl methyl sites for hydroxylation is 1. The predicted molar refractivity (Wildman–Crippen MR) is 102 cm³/mol. The van der Waals surface area contributed by atoms with Crippen molar-refractivity contribution in [3.8, 4) is 0 Å². The molecule has 0 spiro atoms. The normalized spacial score (nSPS) is 10.8. The lowest BCUT2D eigenvalue weighted by atomic mass is 10.2. The third kappa shape index (κ3) is 5.03. The molecule has 0 aliphatic carbocycles. The number of anilines is 1. The van der Waals surface area contributed by atoms with E-state index in [0.29, 0.717) is 39.7 Å². The summed E-state index contributed by atoms with van der Waals surface area (Å²) in [6.07, 6.45) is 0. The van der Waals surface area contributed by atoms with Crippen LogP contribution in [0.25, 0.3) is 0 Å². The average Bonchev–Trinajstić information content (AvgIpc) is 2.92. The largest absolute Gasteiger partial charge is 0.347 e. The molecule has 0 saturated carbocycles. The van der Waals surface area contributed by atoms with E-state index in [-0.39, 0.29) is 11.8 Å². The molecule has 0 unspecified atom stereocenters. The SMILES string of the molecule is CC(=O)N(CC(C)C)c1nc(C)c(C(=O)NCc2ccccc2Cl)s1. The molecule has 25 heavy (non-hydrogen) atoms. The molecular formula is C18H22ClN3O2S. The summed E-state index contributed by atoms with van der Waals surface area (Å²) >= 11 is 7.34. The van der Waals surface area contributed by atoms with Crippen molar-refractivity contribution >= 4 is 39.9 Å². The van der Waals surface area contributed by atoms with Crippen molar-refractivity contribution in [2.75, 3.05) is 11.4 Å². The number of carbonyl (C=O) groups is 2. The summed E-state index contributed by atoms with van der Waals surface area (Å²) in [7, 11) is 0. The summed E-state index contributed by atoms with van der Waals surface area (Å²) in [4.78, 5) is 30.9. The van der Waals surface area contributed by atoms with E-state index in [9.17, 15) is 9.59 Å². The topological polar surface area (TPSA) is 62.3 Å². The standard InChI is InChI=1S/C18H22ClN3O2S/c1-11(2)10-22(13(4)23)18-21-12(3)16(25-18)17(24)20-9-14-7-5-6-8-15(14)19/h5-8,11H,9-10H2,1-4H3,(H,20,24). The van der Waals surface area contributed by atoms with Gasteiger partial charge >= 0.3 is 0 Å². The zero-order valence-electron chi connectivity index (χ0n) is 14.8. The molecule has 1 N–H and O–H groups in total. The number of halogens is 1. The molecule has 2 rings (SSSR count). The summed E-state index contributed by atoms with van der Waals surface area (Å²) < 4.78 is 0. The van der Waals surface area contributed by atoms with Crippen LogP contribution in [0.5, 0.6) is 0 Å². The van der Waals surface area contributed by atoms with Gasteiger partial charge in [-0.3, -0.25) is 14.5 Å². The number of hydrogen-bond acceptors (Lipinski definition) is 4. The van der Waals surface area contributed by atoms with Crippen molar-refractivity contribution in [3.63, 3.8) is 0 Å². The van der Waals surface area contributed by atoms with Crippen LogP contribution in [0.4, 0.5) is 5.13 Å². The van der Waals surface area contributed by atoms with Crippen LogP contribution in [0.3, 0.4) is 0 Å². The van der Waals surface area contributed by atoms with Crippen molar-refractivity contribution in [2.45, 2.75) is 34.2 Å². The van der Waals surface area contributed by atoms with Gasteiger partial charge in [-0.1, -0.05) is 55.0 Å². The molecule has 7 heteroatoms. The van der Waals surface area contributed by atoms with E-state index in [2.05, 4.69) is 10.3 Å². The third-order valence-corrected chi connectivity index (χ3v) is 5.10. The van der Waals surface area contributed by atoms with Crippen LogP contribution < -0.4 is 10.2 Å². The number of carbonyl (C=O) groups excluding carboxylic acids is 2. The zero-order valence-corrected chi connectivity index (χ0v) is 16.4. The molecule has 0 atom stereocenters. The van der Waals surface area contributed by atoms with E-state index in [1.807, 2.05) is 32.0 Å². The van der Waals surface area contributed by atoms with Gasteiger partial charge in [-0.05, 0) is 24.5 Å². The number of amides is 2. The summed E-state index contributed by atoms with van der Waals surface area (Å²) in [5, 5.41) is 4.03. The molecule has 0 fully saturated rings. The van der Waals surface area contributed by atoms with Crippen LogP contribution in [-0.2, 0) is 11.3 Å². The molecular weight excluding hydrogens is 358 g/mol. The van der Waals surface area contributed by atoms with E-state index >= 15 is 0 Å². The van der Waals surface area contributed by atoms with Gasteiger partial charge in [0.15, 0.2) is 5.13 Å². The van der Waals surface area contributed by atoms with E-state index < -0.39 is 0 Å². The van der Waals surface area contributed by atoms with Gasteiger partial charge in [-0.25, -0.2) is 4.98 Å². The first kappa shape index (κ1) is 19.4. The summed E-state index contributed by atoms with van der Waals surface area (Å²) in [5.74, 6) is 0.0188. The lowest BCUT2D eigenvalue weighted by molar-refractivity contribution is -0.116. The second-order valence-electron chi connectivity index (χ2n) is 6.21. The summed E-state index contributed by atoms with van der Waals surface area (Å²) in [5.41, 5.74) is 1.47. The van der Waals surface area contributed by atoms with Crippen LogP contribution in [0, 0.1) is 12.8 Å². The van der Waals surface area contributed by atoms with Crippen molar-refractivity contribution in [1.82, 2.24) is 10.3 Å². The Morgan fingerprint density at radius 2 is 2.00 bits per heavy atom. The number of hydrogen-bond donors (Lipinski definition) is 1. The van der Waals surface area contributed by atoms with E-state index in [1.165, 1.54) is 18.3 Å². The Bertz CT molecular complexity index is 773. The summed E-state index contributed by atoms with van der Waals surface area (Å²) in [6.45, 7) is 8.27. The number of benzene rings is 1. The first-order chi connectivity index (χ1) is 11.8. The van der Waals surface area contributed by atoms with Crippen molar-refractivity contribution in [3.05, 3.63) is 45.4 Å². The molecule has 1 aromatic heterocycles. The second-order valence-corrected chi connectivity index (χ2v) is 7.59. The van der Waals surface area contributed by atoms with Crippen LogP contribution in [0.15, 0.2) is 24.3 Å². The van der Waals surface area contributed by atoms with Crippen molar-refractivity contribution < 1.29 is 9.59 Å². The molecule has 5 nitrogen and oxygen atoms in total. The molecule has 2 amide bonds. The molecule has 0 radical (unpaired) electrons. The third-order valence-electron chi connectivity index (χ3n) is 3.55. The summed E-state index contributed by atoms with van der Waals surface area (Å²) in [6, 6.07) is 7.38.